The Hall–Kier alpha value is -3.14. The maximum atomic E-state index is 5.05. The Kier molecular flexibility index (Phi) is 3.71. The molecular weight excluding hydrogens is 298 g/mol. The van der Waals surface area contributed by atoms with Gasteiger partial charge in [0.2, 0.25) is 0 Å². The van der Waals surface area contributed by atoms with Crippen LogP contribution in [0.5, 0.6) is 6.01 Å². The summed E-state index contributed by atoms with van der Waals surface area (Å²) in [5, 5.41) is 1.20. The number of rotatable bonds is 4. The van der Waals surface area contributed by atoms with Gasteiger partial charge in [0, 0.05) is 47.2 Å². The highest BCUT2D eigenvalue weighted by molar-refractivity contribution is 5.95. The van der Waals surface area contributed by atoms with Crippen molar-refractivity contribution in [2.24, 2.45) is 0 Å². The van der Waals surface area contributed by atoms with Gasteiger partial charge < -0.3 is 9.30 Å². The van der Waals surface area contributed by atoms with E-state index < -0.39 is 0 Å². The van der Waals surface area contributed by atoms with Gasteiger partial charge in [0.05, 0.1) is 7.11 Å². The molecule has 0 aliphatic rings. The van der Waals surface area contributed by atoms with Gasteiger partial charge in [-0.15, -0.1) is 0 Å². The Morgan fingerprint density at radius 3 is 2.38 bits per heavy atom. The number of hydrogen-bond donors (Lipinski definition) is 0. The number of para-hydroxylation sites is 1. The Balaban J connectivity index is 1.81. The molecule has 2 aromatic heterocycles. The van der Waals surface area contributed by atoms with Gasteiger partial charge in [-0.05, 0) is 11.6 Å². The van der Waals surface area contributed by atoms with E-state index in [-0.39, 0.29) is 0 Å². The molecule has 118 valence electrons. The van der Waals surface area contributed by atoms with Crippen LogP contribution >= 0.6 is 0 Å². The van der Waals surface area contributed by atoms with E-state index in [9.17, 15) is 0 Å². The summed E-state index contributed by atoms with van der Waals surface area (Å²) in [7, 11) is 1.57. The van der Waals surface area contributed by atoms with Crippen LogP contribution in [0.2, 0.25) is 0 Å². The quantitative estimate of drug-likeness (QED) is 0.568. The van der Waals surface area contributed by atoms with Crippen molar-refractivity contribution in [1.29, 1.82) is 0 Å². The van der Waals surface area contributed by atoms with Crippen molar-refractivity contribution in [2.45, 2.75) is 6.54 Å². The lowest BCUT2D eigenvalue weighted by atomic mass is 10.1. The van der Waals surface area contributed by atoms with Gasteiger partial charge in [-0.1, -0.05) is 48.5 Å². The van der Waals surface area contributed by atoms with E-state index in [0.29, 0.717) is 6.01 Å². The number of methoxy groups -OCH3 is 1. The van der Waals surface area contributed by atoms with Gasteiger partial charge >= 0.3 is 6.01 Å². The zero-order valence-corrected chi connectivity index (χ0v) is 13.4. The average molecular weight is 315 g/mol. The van der Waals surface area contributed by atoms with Gasteiger partial charge in [-0.2, -0.15) is 0 Å². The third-order valence-corrected chi connectivity index (χ3v) is 4.11. The van der Waals surface area contributed by atoms with Crippen LogP contribution in [-0.2, 0) is 6.54 Å². The zero-order valence-electron chi connectivity index (χ0n) is 13.4. The summed E-state index contributed by atoms with van der Waals surface area (Å²) in [4.78, 5) is 8.46. The van der Waals surface area contributed by atoms with Crippen LogP contribution in [0.3, 0.4) is 0 Å². The lowest BCUT2D eigenvalue weighted by Crippen LogP contribution is -1.97. The zero-order chi connectivity index (χ0) is 16.4. The van der Waals surface area contributed by atoms with E-state index in [2.05, 4.69) is 69.3 Å². The molecule has 0 saturated heterocycles. The fourth-order valence-electron chi connectivity index (χ4n) is 2.95. The molecule has 0 saturated carbocycles. The van der Waals surface area contributed by atoms with E-state index >= 15 is 0 Å². The third-order valence-electron chi connectivity index (χ3n) is 4.11. The second-order valence-corrected chi connectivity index (χ2v) is 5.63. The average Bonchev–Trinajstić information content (AvgIpc) is 3.01. The van der Waals surface area contributed by atoms with Crippen LogP contribution < -0.4 is 4.74 Å². The van der Waals surface area contributed by atoms with Crippen molar-refractivity contribution < 1.29 is 4.74 Å². The van der Waals surface area contributed by atoms with E-state index in [0.717, 1.165) is 17.7 Å². The van der Waals surface area contributed by atoms with Crippen LogP contribution in [0.4, 0.5) is 0 Å². The topological polar surface area (TPSA) is 39.9 Å². The summed E-state index contributed by atoms with van der Waals surface area (Å²) in [6, 6.07) is 19.3. The lowest BCUT2D eigenvalue weighted by Gasteiger charge is -2.05. The predicted octanol–water partition coefficient (Wildman–Crippen LogP) is 4.16. The summed E-state index contributed by atoms with van der Waals surface area (Å²) < 4.78 is 7.32. The summed E-state index contributed by atoms with van der Waals surface area (Å²) in [5.74, 6) is 0. The van der Waals surface area contributed by atoms with Gasteiger partial charge in [-0.3, -0.25) is 0 Å². The largest absolute Gasteiger partial charge is 0.467 e. The van der Waals surface area contributed by atoms with Crippen molar-refractivity contribution in [1.82, 2.24) is 14.5 Å². The molecule has 0 amide bonds. The minimum Gasteiger partial charge on any atom is -0.467 e. The first-order chi connectivity index (χ1) is 11.8. The molecule has 0 spiro atoms. The fraction of sp³-hybridized carbons (Fsp3) is 0.100. The Bertz CT molecular complexity index is 959. The molecule has 24 heavy (non-hydrogen) atoms. The highest BCUT2D eigenvalue weighted by Gasteiger charge is 2.11. The van der Waals surface area contributed by atoms with Crippen LogP contribution in [0.15, 0.2) is 73.2 Å². The molecule has 0 fully saturated rings. The Morgan fingerprint density at radius 1 is 0.917 bits per heavy atom. The molecule has 0 aliphatic carbocycles. The number of nitrogens with zero attached hydrogens (tertiary/aromatic N) is 3. The number of fused-ring (bicyclic) bond motifs is 1. The number of benzene rings is 2. The molecule has 0 N–H and O–H groups in total. The molecule has 0 aliphatic heterocycles. The lowest BCUT2D eigenvalue weighted by molar-refractivity contribution is 0.380. The predicted molar refractivity (Wildman–Crippen MR) is 95.1 cm³/mol. The third kappa shape index (κ3) is 2.63. The first-order valence-electron chi connectivity index (χ1n) is 7.83. The van der Waals surface area contributed by atoms with Crippen LogP contribution in [0.25, 0.3) is 22.0 Å². The first kappa shape index (κ1) is 14.5. The van der Waals surface area contributed by atoms with Crippen molar-refractivity contribution in [3.05, 3.63) is 78.8 Å². The van der Waals surface area contributed by atoms with Crippen molar-refractivity contribution in [2.75, 3.05) is 7.11 Å². The van der Waals surface area contributed by atoms with E-state index in [4.69, 9.17) is 4.74 Å². The van der Waals surface area contributed by atoms with Crippen molar-refractivity contribution in [3.8, 4) is 17.1 Å². The number of ether oxygens (including phenoxy) is 1. The van der Waals surface area contributed by atoms with Crippen LogP contribution in [0, 0.1) is 0 Å². The van der Waals surface area contributed by atoms with Crippen molar-refractivity contribution >= 4 is 10.9 Å². The minimum atomic E-state index is 0.381. The van der Waals surface area contributed by atoms with Gasteiger partial charge in [0.25, 0.3) is 0 Å². The van der Waals surface area contributed by atoms with Crippen LogP contribution in [0.1, 0.15) is 5.56 Å². The molecular formula is C20H17N3O. The standard InChI is InChI=1S/C20H17N3O/c1-24-20-21-11-16(12-22-20)18-14-23(13-15-7-3-2-4-8-15)19-10-6-5-9-17(18)19/h2-12,14H,13H2,1H3. The van der Waals surface area contributed by atoms with Crippen molar-refractivity contribution in [3.63, 3.8) is 0 Å². The van der Waals surface area contributed by atoms with E-state index in [1.165, 1.54) is 16.5 Å². The maximum Gasteiger partial charge on any atom is 0.316 e. The smallest absolute Gasteiger partial charge is 0.316 e. The monoisotopic (exact) mass is 315 g/mol. The molecule has 4 aromatic rings. The minimum absolute atomic E-state index is 0.381. The number of aromatic nitrogens is 3. The molecule has 2 heterocycles. The first-order valence-corrected chi connectivity index (χ1v) is 7.83. The number of hydrogen-bond acceptors (Lipinski definition) is 3. The van der Waals surface area contributed by atoms with Gasteiger partial charge in [0.15, 0.2) is 0 Å². The molecule has 4 rings (SSSR count). The molecule has 4 nitrogen and oxygen atoms in total. The highest BCUT2D eigenvalue weighted by atomic mass is 16.5. The summed E-state index contributed by atoms with van der Waals surface area (Å²) in [5.41, 5.74) is 4.59. The second-order valence-electron chi connectivity index (χ2n) is 5.63. The SMILES string of the molecule is COc1ncc(-c2cn(Cc3ccccc3)c3ccccc23)cn1. The molecule has 0 radical (unpaired) electrons. The normalized spacial score (nSPS) is 10.9. The highest BCUT2D eigenvalue weighted by Crippen LogP contribution is 2.30. The summed E-state index contributed by atoms with van der Waals surface area (Å²) in [6.07, 6.45) is 5.78. The van der Waals surface area contributed by atoms with Gasteiger partial charge in [-0.25, -0.2) is 9.97 Å². The van der Waals surface area contributed by atoms with E-state index in [1.54, 1.807) is 19.5 Å². The fourth-order valence-corrected chi connectivity index (χ4v) is 2.95. The molecule has 4 heteroatoms. The summed E-state index contributed by atoms with van der Waals surface area (Å²) in [6.45, 7) is 0.832. The maximum absolute atomic E-state index is 5.05. The molecule has 0 bridgehead atoms. The van der Waals surface area contributed by atoms with Gasteiger partial charge in [0.1, 0.15) is 0 Å². The molecule has 0 atom stereocenters. The molecule has 0 unspecified atom stereocenters. The van der Waals surface area contributed by atoms with E-state index in [1.807, 2.05) is 6.07 Å². The Labute approximate surface area is 140 Å². The molecule has 2 aromatic carbocycles. The Morgan fingerprint density at radius 2 is 1.62 bits per heavy atom. The second kappa shape index (κ2) is 6.16. The van der Waals surface area contributed by atoms with Crippen LogP contribution in [-0.4, -0.2) is 21.6 Å². The summed E-state index contributed by atoms with van der Waals surface area (Å²) >= 11 is 0.